The summed E-state index contributed by atoms with van der Waals surface area (Å²) in [5.41, 5.74) is 5.04. The van der Waals surface area contributed by atoms with Crippen LogP contribution in [0.2, 0.25) is 0 Å². The Labute approximate surface area is 67.0 Å². The predicted molar refractivity (Wildman–Crippen MR) is 38.4 cm³/mol. The molecule has 2 nitrogen and oxygen atoms in total. The fourth-order valence-corrected chi connectivity index (χ4v) is 1.12. The van der Waals surface area contributed by atoms with E-state index in [1.165, 1.54) is 0 Å². The lowest BCUT2D eigenvalue weighted by Crippen LogP contribution is -2.30. The number of hydrogen-bond acceptors (Lipinski definition) is 3. The second-order valence-electron chi connectivity index (χ2n) is 1.92. The van der Waals surface area contributed by atoms with Gasteiger partial charge in [-0.2, -0.15) is 24.9 Å². The average Bonchev–Trinajstić information content (AvgIpc) is 1.86. The first-order chi connectivity index (χ1) is 4.98. The van der Waals surface area contributed by atoms with Crippen LogP contribution < -0.4 is 5.73 Å². The van der Waals surface area contributed by atoms with Crippen molar-refractivity contribution in [2.45, 2.75) is 12.3 Å². The van der Waals surface area contributed by atoms with Gasteiger partial charge in [-0.3, -0.25) is 0 Å². The van der Waals surface area contributed by atoms with Gasteiger partial charge in [-0.15, -0.1) is 0 Å². The molecule has 0 heterocycles. The lowest BCUT2D eigenvalue weighted by molar-refractivity contribution is -0.195. The molecule has 0 aliphatic carbocycles. The minimum Gasteiger partial charge on any atom is -0.383 e. The Bertz CT molecular complexity index is 108. The summed E-state index contributed by atoms with van der Waals surface area (Å²) in [6.07, 6.45) is -6.72. The number of halogens is 3. The molecular formula is C5H10F3NOS. The Balaban J connectivity index is 3.44. The van der Waals surface area contributed by atoms with Gasteiger partial charge < -0.3 is 10.8 Å². The largest absolute Gasteiger partial charge is 0.415 e. The highest BCUT2D eigenvalue weighted by Gasteiger charge is 2.37. The van der Waals surface area contributed by atoms with Gasteiger partial charge in [0.2, 0.25) is 0 Å². The number of hydrogen-bond donors (Lipinski definition) is 2. The fraction of sp³-hybridized carbons (Fsp3) is 1.00. The van der Waals surface area contributed by atoms with E-state index in [0.717, 1.165) is 11.8 Å². The number of nitrogens with two attached hydrogens (primary N) is 1. The van der Waals surface area contributed by atoms with E-state index in [9.17, 15) is 13.2 Å². The molecule has 11 heavy (non-hydrogen) atoms. The monoisotopic (exact) mass is 189 g/mol. The third kappa shape index (κ3) is 5.34. The number of aliphatic hydroxyl groups excluding tert-OH is 1. The first-order valence-corrected chi connectivity index (χ1v) is 4.16. The summed E-state index contributed by atoms with van der Waals surface area (Å²) >= 11 is 0.993. The molecule has 0 aromatic rings. The van der Waals surface area contributed by atoms with Gasteiger partial charge in [0.15, 0.2) is 6.10 Å². The van der Waals surface area contributed by atoms with Crippen LogP contribution in [0.25, 0.3) is 0 Å². The van der Waals surface area contributed by atoms with Gasteiger partial charge in [-0.05, 0) is 0 Å². The van der Waals surface area contributed by atoms with Crippen LogP contribution in [0, 0.1) is 0 Å². The maximum absolute atomic E-state index is 11.6. The predicted octanol–water partition coefficient (Wildman–Crippen LogP) is 0.602. The molecule has 0 aliphatic rings. The van der Waals surface area contributed by atoms with Crippen molar-refractivity contribution in [2.24, 2.45) is 5.73 Å². The van der Waals surface area contributed by atoms with Crippen molar-refractivity contribution in [1.29, 1.82) is 0 Å². The van der Waals surface area contributed by atoms with Gasteiger partial charge in [-0.1, -0.05) is 0 Å². The van der Waals surface area contributed by atoms with Crippen molar-refractivity contribution < 1.29 is 18.3 Å². The topological polar surface area (TPSA) is 46.2 Å². The molecule has 0 rings (SSSR count). The molecule has 6 heteroatoms. The molecule has 0 amide bonds. The zero-order chi connectivity index (χ0) is 8.91. The molecule has 0 aromatic heterocycles. The SMILES string of the molecule is NCCSCC(O)C(F)(F)F. The minimum atomic E-state index is -4.50. The molecule has 0 aliphatic heterocycles. The Hall–Kier alpha value is 0.0600. The summed E-state index contributed by atoms with van der Waals surface area (Å²) in [7, 11) is 0. The Morgan fingerprint density at radius 2 is 2.00 bits per heavy atom. The van der Waals surface area contributed by atoms with E-state index in [1.54, 1.807) is 0 Å². The summed E-state index contributed by atoms with van der Waals surface area (Å²) in [6.45, 7) is 0.329. The molecule has 0 radical (unpaired) electrons. The van der Waals surface area contributed by atoms with E-state index in [0.29, 0.717) is 12.3 Å². The van der Waals surface area contributed by atoms with Gasteiger partial charge in [-0.25, -0.2) is 0 Å². The standard InChI is InChI=1S/C5H10F3NOS/c6-5(7,8)4(10)3-11-2-1-9/h4,10H,1-3,9H2. The Morgan fingerprint density at radius 3 is 2.36 bits per heavy atom. The third-order valence-electron chi connectivity index (χ3n) is 0.916. The van der Waals surface area contributed by atoms with Crippen LogP contribution in [0.3, 0.4) is 0 Å². The molecule has 0 saturated heterocycles. The zero-order valence-electron chi connectivity index (χ0n) is 5.77. The molecule has 0 spiro atoms. The van der Waals surface area contributed by atoms with E-state index in [-0.39, 0.29) is 5.75 Å². The molecular weight excluding hydrogens is 179 g/mol. The van der Waals surface area contributed by atoms with Crippen LogP contribution >= 0.6 is 11.8 Å². The van der Waals surface area contributed by atoms with Gasteiger partial charge in [0.1, 0.15) is 0 Å². The average molecular weight is 189 g/mol. The second kappa shape index (κ2) is 4.84. The highest BCUT2D eigenvalue weighted by molar-refractivity contribution is 7.99. The maximum atomic E-state index is 11.6. The minimum absolute atomic E-state index is 0.329. The summed E-state index contributed by atoms with van der Waals surface area (Å²) in [6, 6.07) is 0. The van der Waals surface area contributed by atoms with Crippen molar-refractivity contribution in [3.63, 3.8) is 0 Å². The quantitative estimate of drug-likeness (QED) is 0.637. The molecule has 0 saturated carbocycles. The van der Waals surface area contributed by atoms with E-state index in [2.05, 4.69) is 0 Å². The first-order valence-electron chi connectivity index (χ1n) is 3.01. The lowest BCUT2D eigenvalue weighted by Gasteiger charge is -2.13. The van der Waals surface area contributed by atoms with Crippen LogP contribution in [-0.2, 0) is 0 Å². The molecule has 0 fully saturated rings. The molecule has 1 unspecified atom stereocenters. The molecule has 0 aromatic carbocycles. The number of aliphatic hydroxyl groups is 1. The second-order valence-corrected chi connectivity index (χ2v) is 3.07. The van der Waals surface area contributed by atoms with E-state index in [4.69, 9.17) is 10.8 Å². The van der Waals surface area contributed by atoms with Crippen molar-refractivity contribution >= 4 is 11.8 Å². The highest BCUT2D eigenvalue weighted by Crippen LogP contribution is 2.22. The van der Waals surface area contributed by atoms with Gasteiger partial charge in [0.25, 0.3) is 0 Å². The van der Waals surface area contributed by atoms with Crippen LogP contribution in [0.1, 0.15) is 0 Å². The summed E-state index contributed by atoms with van der Waals surface area (Å²) < 4.78 is 34.7. The molecule has 3 N–H and O–H groups in total. The van der Waals surface area contributed by atoms with Crippen molar-refractivity contribution in [3.05, 3.63) is 0 Å². The molecule has 1 atom stereocenters. The summed E-state index contributed by atoms with van der Waals surface area (Å²) in [5.74, 6) is 0.105. The number of thioether (sulfide) groups is 1. The van der Waals surface area contributed by atoms with Gasteiger partial charge in [0.05, 0.1) is 0 Å². The first kappa shape index (κ1) is 11.1. The van der Waals surface area contributed by atoms with Crippen LogP contribution in [-0.4, -0.2) is 35.4 Å². The van der Waals surface area contributed by atoms with E-state index < -0.39 is 12.3 Å². The van der Waals surface area contributed by atoms with Crippen LogP contribution in [0.5, 0.6) is 0 Å². The van der Waals surface area contributed by atoms with E-state index >= 15 is 0 Å². The zero-order valence-corrected chi connectivity index (χ0v) is 6.58. The number of rotatable bonds is 4. The van der Waals surface area contributed by atoms with Crippen molar-refractivity contribution in [2.75, 3.05) is 18.1 Å². The third-order valence-corrected chi connectivity index (χ3v) is 1.99. The highest BCUT2D eigenvalue weighted by atomic mass is 32.2. The summed E-state index contributed by atoms with van der Waals surface area (Å²) in [5, 5.41) is 8.43. The maximum Gasteiger partial charge on any atom is 0.415 e. The molecule has 0 bridgehead atoms. The normalized spacial score (nSPS) is 15.0. The Kier molecular flexibility index (Phi) is 4.87. The van der Waals surface area contributed by atoms with Gasteiger partial charge >= 0.3 is 6.18 Å². The smallest absolute Gasteiger partial charge is 0.383 e. The summed E-state index contributed by atoms with van der Waals surface area (Å²) in [4.78, 5) is 0. The van der Waals surface area contributed by atoms with Crippen molar-refractivity contribution in [1.82, 2.24) is 0 Å². The van der Waals surface area contributed by atoms with Crippen molar-refractivity contribution in [3.8, 4) is 0 Å². The molecule has 68 valence electrons. The lowest BCUT2D eigenvalue weighted by atomic mass is 10.4. The van der Waals surface area contributed by atoms with Crippen LogP contribution in [0.4, 0.5) is 13.2 Å². The van der Waals surface area contributed by atoms with Gasteiger partial charge in [0, 0.05) is 18.1 Å². The Morgan fingerprint density at radius 1 is 1.45 bits per heavy atom. The van der Waals surface area contributed by atoms with E-state index in [1.807, 2.05) is 0 Å². The fourth-order valence-electron chi connectivity index (χ4n) is 0.373. The number of alkyl halides is 3. The van der Waals surface area contributed by atoms with Crippen LogP contribution in [0.15, 0.2) is 0 Å².